The Balaban J connectivity index is 2.15. The van der Waals surface area contributed by atoms with E-state index in [0.29, 0.717) is 5.71 Å². The molecule has 0 fully saturated rings. The third kappa shape index (κ3) is 1.98. The molecule has 2 rings (SSSR count). The summed E-state index contributed by atoms with van der Waals surface area (Å²) >= 11 is 0.730. The van der Waals surface area contributed by atoms with E-state index in [-0.39, 0.29) is 18.3 Å². The Morgan fingerprint density at radius 2 is 2.33 bits per heavy atom. The Bertz CT molecular complexity index is 326. The minimum atomic E-state index is -4.32. The van der Waals surface area contributed by atoms with Gasteiger partial charge in [-0.25, -0.2) is 0 Å². The van der Waals surface area contributed by atoms with Crippen LogP contribution >= 0.6 is 11.8 Å². The van der Waals surface area contributed by atoms with Gasteiger partial charge in [0.15, 0.2) is 6.10 Å². The first-order valence-corrected chi connectivity index (χ1v) is 5.26. The van der Waals surface area contributed by atoms with Crippen LogP contribution in [0.3, 0.4) is 0 Å². The lowest BCUT2D eigenvalue weighted by Gasteiger charge is -2.23. The average Bonchev–Trinajstić information content (AvgIpc) is 2.58. The predicted molar refractivity (Wildman–Crippen MR) is 49.5 cm³/mol. The second-order valence-electron chi connectivity index (χ2n) is 3.26. The number of aliphatic hydroxyl groups excluding tert-OH is 1. The lowest BCUT2D eigenvalue weighted by molar-refractivity contribution is -0.0850. The first-order valence-electron chi connectivity index (χ1n) is 4.27. The molecule has 3 nitrogen and oxygen atoms in total. The maximum atomic E-state index is 12.3. The smallest absolute Gasteiger partial charge is 0.390 e. The number of rotatable bonds is 1. The topological polar surface area (TPSA) is 41.8 Å². The lowest BCUT2D eigenvalue weighted by atomic mass is 9.99. The summed E-state index contributed by atoms with van der Waals surface area (Å²) in [5.41, 5.74) is 0.421. The molecule has 0 saturated heterocycles. The highest BCUT2D eigenvalue weighted by Crippen LogP contribution is 2.41. The molecule has 0 aromatic heterocycles. The van der Waals surface area contributed by atoms with E-state index < -0.39 is 17.2 Å². The summed E-state index contributed by atoms with van der Waals surface area (Å²) < 4.78 is 37.0. The van der Waals surface area contributed by atoms with Crippen molar-refractivity contribution in [2.45, 2.75) is 12.3 Å². The molecule has 1 N–H and O–H groups in total. The van der Waals surface area contributed by atoms with Crippen LogP contribution in [0.1, 0.15) is 0 Å². The van der Waals surface area contributed by atoms with Gasteiger partial charge in [0.05, 0.1) is 23.1 Å². The van der Waals surface area contributed by atoms with Gasteiger partial charge in [-0.05, 0) is 6.08 Å². The standard InChI is InChI=1S/C8H8F3NO2S/c9-8(10,11)7-1-6-4(3-15-7)5(2-13)12-14-6/h1,4,6,13H,2-3H2/t4-,6-/m0/s1. The van der Waals surface area contributed by atoms with E-state index in [1.54, 1.807) is 0 Å². The highest BCUT2D eigenvalue weighted by Gasteiger charge is 2.43. The van der Waals surface area contributed by atoms with E-state index >= 15 is 0 Å². The van der Waals surface area contributed by atoms with Crippen LogP contribution in [0.2, 0.25) is 0 Å². The largest absolute Gasteiger partial charge is 0.422 e. The number of hydrogen-bond acceptors (Lipinski definition) is 4. The van der Waals surface area contributed by atoms with Crippen LogP contribution in [-0.4, -0.2) is 35.5 Å². The van der Waals surface area contributed by atoms with Gasteiger partial charge in [-0.15, -0.1) is 11.8 Å². The van der Waals surface area contributed by atoms with Gasteiger partial charge in [0, 0.05) is 5.75 Å². The monoisotopic (exact) mass is 239 g/mol. The zero-order valence-electron chi connectivity index (χ0n) is 7.49. The van der Waals surface area contributed by atoms with Crippen molar-refractivity contribution in [3.8, 4) is 0 Å². The highest BCUT2D eigenvalue weighted by atomic mass is 32.2. The highest BCUT2D eigenvalue weighted by molar-refractivity contribution is 8.03. The Morgan fingerprint density at radius 3 is 2.93 bits per heavy atom. The zero-order chi connectivity index (χ0) is 11.1. The third-order valence-electron chi connectivity index (χ3n) is 2.29. The molecule has 15 heavy (non-hydrogen) atoms. The first-order chi connectivity index (χ1) is 7.02. The van der Waals surface area contributed by atoms with Crippen molar-refractivity contribution < 1.29 is 23.1 Å². The third-order valence-corrected chi connectivity index (χ3v) is 3.50. The summed E-state index contributed by atoms with van der Waals surface area (Å²) in [5, 5.41) is 12.4. The Morgan fingerprint density at radius 1 is 1.60 bits per heavy atom. The van der Waals surface area contributed by atoms with E-state index in [1.165, 1.54) is 0 Å². The Hall–Kier alpha value is -0.690. The Labute approximate surface area is 88.0 Å². The van der Waals surface area contributed by atoms with E-state index in [1.807, 2.05) is 0 Å². The van der Waals surface area contributed by atoms with Crippen LogP contribution in [-0.2, 0) is 4.84 Å². The average molecular weight is 239 g/mol. The molecule has 2 aliphatic heterocycles. The van der Waals surface area contributed by atoms with Crippen LogP contribution < -0.4 is 0 Å². The maximum absolute atomic E-state index is 12.3. The van der Waals surface area contributed by atoms with Crippen LogP contribution in [0, 0.1) is 5.92 Å². The normalized spacial score (nSPS) is 30.4. The molecule has 0 aromatic rings. The minimum Gasteiger partial charge on any atom is -0.390 e. The van der Waals surface area contributed by atoms with E-state index in [0.717, 1.165) is 17.8 Å². The predicted octanol–water partition coefficient (Wildman–Crippen LogP) is 1.54. The fourth-order valence-corrected chi connectivity index (χ4v) is 2.63. The Kier molecular flexibility index (Phi) is 2.68. The van der Waals surface area contributed by atoms with Crippen molar-refractivity contribution in [3.05, 3.63) is 11.0 Å². The fraction of sp³-hybridized carbons (Fsp3) is 0.625. The second-order valence-corrected chi connectivity index (χ2v) is 4.32. The molecule has 2 heterocycles. The molecule has 7 heteroatoms. The number of thioether (sulfide) groups is 1. The van der Waals surface area contributed by atoms with Gasteiger partial charge in [-0.3, -0.25) is 0 Å². The van der Waals surface area contributed by atoms with Crippen molar-refractivity contribution >= 4 is 17.5 Å². The summed E-state index contributed by atoms with van der Waals surface area (Å²) in [7, 11) is 0. The fourth-order valence-electron chi connectivity index (χ4n) is 1.50. The number of halogens is 3. The van der Waals surface area contributed by atoms with Gasteiger partial charge < -0.3 is 9.94 Å². The quantitative estimate of drug-likeness (QED) is 0.754. The number of alkyl halides is 3. The van der Waals surface area contributed by atoms with E-state index in [2.05, 4.69) is 5.16 Å². The molecule has 0 amide bonds. The number of hydrogen-bond donors (Lipinski definition) is 1. The molecule has 0 unspecified atom stereocenters. The summed E-state index contributed by atoms with van der Waals surface area (Å²) in [6, 6.07) is 0. The number of fused-ring (bicyclic) bond motifs is 1. The number of allylic oxidation sites excluding steroid dienone is 1. The van der Waals surface area contributed by atoms with Crippen LogP contribution in [0.25, 0.3) is 0 Å². The van der Waals surface area contributed by atoms with Crippen LogP contribution in [0.4, 0.5) is 13.2 Å². The van der Waals surface area contributed by atoms with Crippen molar-refractivity contribution in [2.24, 2.45) is 11.1 Å². The van der Waals surface area contributed by atoms with Gasteiger partial charge in [-0.2, -0.15) is 13.2 Å². The molecular weight excluding hydrogens is 231 g/mol. The van der Waals surface area contributed by atoms with Crippen molar-refractivity contribution in [2.75, 3.05) is 12.4 Å². The van der Waals surface area contributed by atoms with Gasteiger partial charge in [-0.1, -0.05) is 5.16 Å². The van der Waals surface area contributed by atoms with Gasteiger partial charge >= 0.3 is 6.18 Å². The summed E-state index contributed by atoms with van der Waals surface area (Å²) in [6.45, 7) is -0.267. The molecular formula is C8H8F3NO2S. The number of oxime groups is 1. The molecule has 2 atom stereocenters. The molecule has 0 spiro atoms. The molecule has 0 saturated carbocycles. The van der Waals surface area contributed by atoms with Crippen LogP contribution in [0.15, 0.2) is 16.1 Å². The molecule has 84 valence electrons. The SMILES string of the molecule is OCC1=NO[C@H]2C=C(C(F)(F)F)SC[C@@H]12. The number of nitrogens with zero attached hydrogens (tertiary/aromatic N) is 1. The van der Waals surface area contributed by atoms with E-state index in [4.69, 9.17) is 9.94 Å². The van der Waals surface area contributed by atoms with Gasteiger partial charge in [0.2, 0.25) is 0 Å². The van der Waals surface area contributed by atoms with Crippen molar-refractivity contribution in [1.29, 1.82) is 0 Å². The molecule has 0 aliphatic carbocycles. The summed E-state index contributed by atoms with van der Waals surface area (Å²) in [4.78, 5) is 4.18. The minimum absolute atomic E-state index is 0.230. The maximum Gasteiger partial charge on any atom is 0.422 e. The summed E-state index contributed by atoms with van der Waals surface area (Å²) in [6.07, 6.45) is -3.96. The molecule has 0 radical (unpaired) electrons. The van der Waals surface area contributed by atoms with Crippen LogP contribution in [0.5, 0.6) is 0 Å². The number of aliphatic hydroxyl groups is 1. The van der Waals surface area contributed by atoms with Crippen molar-refractivity contribution in [3.63, 3.8) is 0 Å². The summed E-state index contributed by atoms with van der Waals surface area (Å²) in [5.74, 6) is 0.0150. The molecule has 0 bridgehead atoms. The van der Waals surface area contributed by atoms with Gasteiger partial charge in [0.25, 0.3) is 0 Å². The zero-order valence-corrected chi connectivity index (χ0v) is 8.31. The molecule has 2 aliphatic rings. The van der Waals surface area contributed by atoms with Crippen molar-refractivity contribution in [1.82, 2.24) is 0 Å². The van der Waals surface area contributed by atoms with E-state index in [9.17, 15) is 13.2 Å². The molecule has 0 aromatic carbocycles. The second kappa shape index (κ2) is 3.71. The first kappa shape index (κ1) is 10.8. The van der Waals surface area contributed by atoms with Gasteiger partial charge in [0.1, 0.15) is 0 Å². The lowest BCUT2D eigenvalue weighted by Crippen LogP contribution is -2.31.